The van der Waals surface area contributed by atoms with Crippen LogP contribution >= 0.6 is 21.6 Å². The molecule has 40 heavy (non-hydrogen) atoms. The Morgan fingerprint density at radius 2 is 0.850 bits per heavy atom. The molecular formula is C28H44N10S2. The maximum Gasteiger partial charge on any atom is 0.165 e. The third-order valence-corrected chi connectivity index (χ3v) is 9.77. The number of nitrogens with two attached hydrogens (primary N) is 2. The van der Waals surface area contributed by atoms with Gasteiger partial charge in [0.05, 0.1) is 12.7 Å². The van der Waals surface area contributed by atoms with Crippen LogP contribution in [0.4, 0.5) is 11.6 Å². The molecule has 0 saturated carbocycles. The summed E-state index contributed by atoms with van der Waals surface area (Å²) in [4.78, 5) is 25.3. The van der Waals surface area contributed by atoms with Crippen molar-refractivity contribution in [1.82, 2.24) is 39.0 Å². The third kappa shape index (κ3) is 9.50. The van der Waals surface area contributed by atoms with Crippen LogP contribution in [0.3, 0.4) is 0 Å². The maximum absolute atomic E-state index is 5.86. The predicted molar refractivity (Wildman–Crippen MR) is 169 cm³/mol. The summed E-state index contributed by atoms with van der Waals surface area (Å²) >= 11 is 0. The quantitative estimate of drug-likeness (QED) is 0.0805. The van der Waals surface area contributed by atoms with Crippen molar-refractivity contribution in [1.29, 1.82) is 0 Å². The summed E-state index contributed by atoms with van der Waals surface area (Å²) in [5.74, 6) is 3.49. The summed E-state index contributed by atoms with van der Waals surface area (Å²) in [6, 6.07) is 0. The Morgan fingerprint density at radius 3 is 1.27 bits per heavy atom. The molecule has 0 spiro atoms. The number of aryl methyl sites for hydroxylation is 2. The average Bonchev–Trinajstić information content (AvgIpc) is 3.58. The van der Waals surface area contributed by atoms with Crippen LogP contribution < -0.4 is 11.5 Å². The van der Waals surface area contributed by atoms with Crippen molar-refractivity contribution in [3.05, 3.63) is 25.3 Å². The average molecular weight is 585 g/mol. The zero-order valence-corrected chi connectivity index (χ0v) is 25.2. The largest absolute Gasteiger partial charge is 0.382 e. The van der Waals surface area contributed by atoms with E-state index in [9.17, 15) is 0 Å². The maximum atomic E-state index is 5.86. The third-order valence-electron chi connectivity index (χ3n) is 7.20. The van der Waals surface area contributed by atoms with Crippen LogP contribution in [0, 0.1) is 0 Å². The van der Waals surface area contributed by atoms with E-state index in [-0.39, 0.29) is 0 Å². The predicted octanol–water partition coefficient (Wildman–Crippen LogP) is 6.67. The topological polar surface area (TPSA) is 139 Å². The van der Waals surface area contributed by atoms with Gasteiger partial charge in [-0.05, 0) is 25.7 Å². The highest BCUT2D eigenvalue weighted by Crippen LogP contribution is 2.25. The Bertz CT molecular complexity index is 1180. The first kappa shape index (κ1) is 30.4. The van der Waals surface area contributed by atoms with Crippen LogP contribution in [0.15, 0.2) is 25.3 Å². The Morgan fingerprint density at radius 1 is 0.475 bits per heavy atom. The number of anilines is 2. The molecule has 0 radical (unpaired) electrons. The summed E-state index contributed by atoms with van der Waals surface area (Å²) in [5, 5.41) is 0. The lowest BCUT2D eigenvalue weighted by Crippen LogP contribution is -1.99. The van der Waals surface area contributed by atoms with E-state index in [1.54, 1.807) is 0 Å². The second-order valence-electron chi connectivity index (χ2n) is 10.3. The second kappa shape index (κ2) is 17.3. The van der Waals surface area contributed by atoms with Crippen molar-refractivity contribution in [3.63, 3.8) is 0 Å². The van der Waals surface area contributed by atoms with E-state index in [4.69, 9.17) is 11.5 Å². The highest BCUT2D eigenvalue weighted by molar-refractivity contribution is 8.76. The molecule has 0 aliphatic heterocycles. The molecule has 0 fully saturated rings. The van der Waals surface area contributed by atoms with E-state index >= 15 is 0 Å². The molecule has 0 atom stereocenters. The number of nitrogens with zero attached hydrogens (tertiary/aromatic N) is 8. The van der Waals surface area contributed by atoms with Crippen molar-refractivity contribution in [2.75, 3.05) is 23.0 Å². The zero-order valence-electron chi connectivity index (χ0n) is 23.6. The summed E-state index contributed by atoms with van der Waals surface area (Å²) in [7, 11) is 4.13. The van der Waals surface area contributed by atoms with Crippen LogP contribution in [-0.2, 0) is 13.1 Å². The van der Waals surface area contributed by atoms with Gasteiger partial charge in [-0.25, -0.2) is 29.9 Å². The standard InChI is InChI=1S/C28H44N10S2/c29-25-23-27(33-19-31-25)37(21-35-23)15-11-7-3-1-5-9-13-17-39-40-18-14-10-6-2-4-8-12-16-38-22-36-24-26(30)32-20-34-28(24)38/h19-22H,1-18H2,(H2,29,31,33)(H2,30,32,34). The number of nitrogen functional groups attached to an aromatic ring is 2. The summed E-state index contributed by atoms with van der Waals surface area (Å²) in [6.07, 6.45) is 24.9. The van der Waals surface area contributed by atoms with Gasteiger partial charge in [-0.15, -0.1) is 0 Å². The Hall–Kier alpha value is -2.60. The van der Waals surface area contributed by atoms with Crippen molar-refractivity contribution >= 4 is 55.6 Å². The molecule has 0 unspecified atom stereocenters. The minimum atomic E-state index is 0.457. The zero-order chi connectivity index (χ0) is 27.8. The molecule has 10 nitrogen and oxygen atoms in total. The van der Waals surface area contributed by atoms with Gasteiger partial charge in [0.1, 0.15) is 23.7 Å². The SMILES string of the molecule is Nc1ncnc2c1ncn2CCCCCCCCCSSCCCCCCCCCn1cnc2c(N)ncnc21. The van der Waals surface area contributed by atoms with E-state index in [2.05, 4.69) is 60.6 Å². The lowest BCUT2D eigenvalue weighted by atomic mass is 10.1. The normalized spacial score (nSPS) is 11.7. The molecule has 0 bridgehead atoms. The molecule has 4 aromatic heterocycles. The van der Waals surface area contributed by atoms with Gasteiger partial charge in [0.15, 0.2) is 22.9 Å². The number of hydrogen-bond donors (Lipinski definition) is 2. The van der Waals surface area contributed by atoms with Gasteiger partial charge >= 0.3 is 0 Å². The molecular weight excluding hydrogens is 541 g/mol. The van der Waals surface area contributed by atoms with Crippen LogP contribution in [0.2, 0.25) is 0 Å². The second-order valence-corrected chi connectivity index (χ2v) is 13.0. The van der Waals surface area contributed by atoms with Gasteiger partial charge in [0.25, 0.3) is 0 Å². The monoisotopic (exact) mass is 584 g/mol. The van der Waals surface area contributed by atoms with Crippen LogP contribution in [0.5, 0.6) is 0 Å². The van der Waals surface area contributed by atoms with Crippen LogP contribution in [-0.4, -0.2) is 50.5 Å². The number of aromatic nitrogens is 8. The minimum Gasteiger partial charge on any atom is -0.382 e. The van der Waals surface area contributed by atoms with Gasteiger partial charge in [0, 0.05) is 24.6 Å². The fourth-order valence-electron chi connectivity index (χ4n) is 4.90. The fraction of sp³-hybridized carbons (Fsp3) is 0.643. The lowest BCUT2D eigenvalue weighted by Gasteiger charge is -2.05. The van der Waals surface area contributed by atoms with Crippen LogP contribution in [0.1, 0.15) is 89.9 Å². The van der Waals surface area contributed by atoms with Crippen molar-refractivity contribution in [3.8, 4) is 0 Å². The van der Waals surface area contributed by atoms with Gasteiger partial charge in [-0.1, -0.05) is 85.8 Å². The van der Waals surface area contributed by atoms with E-state index < -0.39 is 0 Å². The fourth-order valence-corrected chi connectivity index (χ4v) is 7.19. The van der Waals surface area contributed by atoms with Crippen molar-refractivity contribution in [2.45, 2.75) is 103 Å². The van der Waals surface area contributed by atoms with Gasteiger partial charge in [-0.2, -0.15) is 0 Å². The summed E-state index contributed by atoms with van der Waals surface area (Å²) in [6.45, 7) is 1.89. The molecule has 4 heterocycles. The Balaban J connectivity index is 0.869. The lowest BCUT2D eigenvalue weighted by molar-refractivity contribution is 0.554. The molecule has 12 heteroatoms. The number of unbranched alkanes of at least 4 members (excludes halogenated alkanes) is 12. The first-order valence-corrected chi connectivity index (χ1v) is 17.3. The molecule has 0 aliphatic rings. The van der Waals surface area contributed by atoms with E-state index in [0.29, 0.717) is 22.7 Å². The summed E-state index contributed by atoms with van der Waals surface area (Å²) < 4.78 is 4.17. The molecule has 4 rings (SSSR count). The first-order valence-electron chi connectivity index (χ1n) is 14.8. The molecule has 0 amide bonds. The van der Waals surface area contributed by atoms with Gasteiger partial charge in [-0.3, -0.25) is 0 Å². The molecule has 218 valence electrons. The van der Waals surface area contributed by atoms with Gasteiger partial charge < -0.3 is 20.6 Å². The molecule has 0 aromatic carbocycles. The number of rotatable bonds is 21. The van der Waals surface area contributed by atoms with E-state index in [1.807, 2.05) is 12.7 Å². The Labute approximate surface area is 245 Å². The molecule has 0 aliphatic carbocycles. The van der Waals surface area contributed by atoms with Gasteiger partial charge in [0.2, 0.25) is 0 Å². The number of fused-ring (bicyclic) bond motifs is 2. The van der Waals surface area contributed by atoms with E-state index in [0.717, 1.165) is 37.2 Å². The van der Waals surface area contributed by atoms with Crippen molar-refractivity contribution < 1.29 is 0 Å². The summed E-state index contributed by atoms with van der Waals surface area (Å²) in [5.41, 5.74) is 14.8. The first-order chi connectivity index (χ1) is 19.7. The highest BCUT2D eigenvalue weighted by atomic mass is 33.1. The smallest absolute Gasteiger partial charge is 0.165 e. The van der Waals surface area contributed by atoms with Crippen molar-refractivity contribution in [2.24, 2.45) is 0 Å². The number of hydrogen-bond acceptors (Lipinski definition) is 10. The molecule has 4 aromatic rings. The van der Waals surface area contributed by atoms with Crippen LogP contribution in [0.25, 0.3) is 22.3 Å². The Kier molecular flexibility index (Phi) is 13.1. The van der Waals surface area contributed by atoms with E-state index in [1.165, 1.54) is 101 Å². The molecule has 4 N–H and O–H groups in total. The molecule has 0 saturated heterocycles. The minimum absolute atomic E-state index is 0.457. The number of imidazole rings is 2. The highest BCUT2D eigenvalue weighted by Gasteiger charge is 2.08.